The Hall–Kier alpha value is -1.98. The van der Waals surface area contributed by atoms with Crippen molar-refractivity contribution in [3.8, 4) is 0 Å². The van der Waals surface area contributed by atoms with Crippen LogP contribution in [0.4, 0.5) is 8.78 Å². The molecular formula is C16H14ClF2NO2. The molecule has 0 radical (unpaired) electrons. The fourth-order valence-electron chi connectivity index (χ4n) is 2.00. The predicted octanol–water partition coefficient (Wildman–Crippen LogP) is 3.39. The summed E-state index contributed by atoms with van der Waals surface area (Å²) in [5, 5.41) is 12.4. The Morgan fingerprint density at radius 2 is 1.86 bits per heavy atom. The fourth-order valence-corrected chi connectivity index (χ4v) is 2.12. The molecule has 6 heteroatoms. The number of nitrogens with one attached hydrogen (secondary N) is 1. The number of halogens is 3. The molecular weight excluding hydrogens is 312 g/mol. The van der Waals surface area contributed by atoms with Gasteiger partial charge in [0.1, 0.15) is 11.6 Å². The van der Waals surface area contributed by atoms with E-state index in [1.807, 2.05) is 0 Å². The third kappa shape index (κ3) is 3.61. The summed E-state index contributed by atoms with van der Waals surface area (Å²) in [7, 11) is 0. The van der Waals surface area contributed by atoms with Gasteiger partial charge in [-0.15, -0.1) is 0 Å². The first-order valence-electron chi connectivity index (χ1n) is 6.55. The topological polar surface area (TPSA) is 49.3 Å². The summed E-state index contributed by atoms with van der Waals surface area (Å²) < 4.78 is 26.9. The molecule has 3 nitrogen and oxygen atoms in total. The van der Waals surface area contributed by atoms with Gasteiger partial charge in [-0.25, -0.2) is 8.78 Å². The number of hydrogen-bond donors (Lipinski definition) is 2. The van der Waals surface area contributed by atoms with Crippen LogP contribution < -0.4 is 5.32 Å². The summed E-state index contributed by atoms with van der Waals surface area (Å²) in [6.07, 6.45) is 0. The molecule has 1 unspecified atom stereocenters. The van der Waals surface area contributed by atoms with Gasteiger partial charge in [-0.05, 0) is 36.2 Å². The first kappa shape index (κ1) is 16.4. The fraction of sp³-hybridized carbons (Fsp3) is 0.188. The third-order valence-electron chi connectivity index (χ3n) is 3.25. The van der Waals surface area contributed by atoms with Gasteiger partial charge in [0, 0.05) is 11.1 Å². The van der Waals surface area contributed by atoms with Crippen molar-refractivity contribution in [2.24, 2.45) is 0 Å². The van der Waals surface area contributed by atoms with Gasteiger partial charge in [-0.2, -0.15) is 0 Å². The molecule has 1 atom stereocenters. The van der Waals surface area contributed by atoms with Gasteiger partial charge in [0.05, 0.1) is 18.2 Å². The number of carbonyl (C=O) groups is 1. The van der Waals surface area contributed by atoms with Gasteiger partial charge in [0.15, 0.2) is 0 Å². The van der Waals surface area contributed by atoms with Crippen molar-refractivity contribution in [2.45, 2.75) is 13.0 Å². The van der Waals surface area contributed by atoms with Crippen LogP contribution in [-0.2, 0) is 0 Å². The molecule has 0 fully saturated rings. The summed E-state index contributed by atoms with van der Waals surface area (Å²) >= 11 is 5.78. The van der Waals surface area contributed by atoms with E-state index < -0.39 is 23.6 Å². The van der Waals surface area contributed by atoms with Crippen molar-refractivity contribution >= 4 is 17.5 Å². The van der Waals surface area contributed by atoms with Crippen molar-refractivity contribution in [1.29, 1.82) is 0 Å². The number of amides is 1. The molecule has 2 aromatic carbocycles. The predicted molar refractivity (Wildman–Crippen MR) is 79.8 cm³/mol. The average Bonchev–Trinajstić information content (AvgIpc) is 2.49. The van der Waals surface area contributed by atoms with Gasteiger partial charge in [-0.1, -0.05) is 23.7 Å². The quantitative estimate of drug-likeness (QED) is 0.905. The van der Waals surface area contributed by atoms with Crippen molar-refractivity contribution in [2.75, 3.05) is 6.61 Å². The second-order valence-corrected chi connectivity index (χ2v) is 5.28. The van der Waals surface area contributed by atoms with Crippen LogP contribution in [0.25, 0.3) is 0 Å². The number of aliphatic hydroxyl groups excluding tert-OH is 1. The van der Waals surface area contributed by atoms with E-state index in [9.17, 15) is 18.7 Å². The van der Waals surface area contributed by atoms with E-state index in [0.717, 1.165) is 6.07 Å². The lowest BCUT2D eigenvalue weighted by atomic mass is 10.1. The highest BCUT2D eigenvalue weighted by atomic mass is 35.5. The van der Waals surface area contributed by atoms with E-state index in [4.69, 9.17) is 11.6 Å². The Kier molecular flexibility index (Phi) is 5.11. The Labute approximate surface area is 131 Å². The van der Waals surface area contributed by atoms with E-state index in [2.05, 4.69) is 5.32 Å². The first-order valence-corrected chi connectivity index (χ1v) is 6.93. The number of aliphatic hydroxyl groups is 1. The van der Waals surface area contributed by atoms with E-state index in [1.165, 1.54) is 6.92 Å². The molecule has 0 aliphatic carbocycles. The number of benzene rings is 2. The van der Waals surface area contributed by atoms with E-state index in [0.29, 0.717) is 16.7 Å². The molecule has 0 heterocycles. The second-order valence-electron chi connectivity index (χ2n) is 4.84. The minimum Gasteiger partial charge on any atom is -0.394 e. The Morgan fingerprint density at radius 1 is 1.23 bits per heavy atom. The number of carbonyl (C=O) groups excluding carboxylic acids is 1. The Morgan fingerprint density at radius 3 is 2.45 bits per heavy atom. The number of hydrogen-bond acceptors (Lipinski definition) is 2. The Bertz CT molecular complexity index is 689. The standard InChI is InChI=1S/C16H14ClF2NO2/c1-9-6-12(14(19)7-13(9)18)16(22)20-15(8-21)10-2-4-11(17)5-3-10/h2-7,15,21H,8H2,1H3,(H,20,22). The zero-order chi connectivity index (χ0) is 16.3. The summed E-state index contributed by atoms with van der Waals surface area (Å²) in [4.78, 5) is 12.1. The van der Waals surface area contributed by atoms with Crippen molar-refractivity contribution in [3.63, 3.8) is 0 Å². The van der Waals surface area contributed by atoms with Crippen molar-refractivity contribution < 1.29 is 18.7 Å². The first-order chi connectivity index (χ1) is 10.4. The molecule has 0 bridgehead atoms. The smallest absolute Gasteiger partial charge is 0.254 e. The summed E-state index contributed by atoms with van der Waals surface area (Å²) in [6, 6.07) is 7.62. The van der Waals surface area contributed by atoms with Crippen LogP contribution >= 0.6 is 11.6 Å². The highest BCUT2D eigenvalue weighted by molar-refractivity contribution is 6.30. The molecule has 0 saturated carbocycles. The largest absolute Gasteiger partial charge is 0.394 e. The van der Waals surface area contributed by atoms with Gasteiger partial charge < -0.3 is 10.4 Å². The number of aryl methyl sites for hydroxylation is 1. The van der Waals surface area contributed by atoms with Crippen LogP contribution in [0.2, 0.25) is 5.02 Å². The van der Waals surface area contributed by atoms with Gasteiger partial charge in [0.2, 0.25) is 0 Å². The summed E-state index contributed by atoms with van der Waals surface area (Å²) in [5.74, 6) is -2.39. The minimum absolute atomic E-state index is 0.165. The van der Waals surface area contributed by atoms with Crippen LogP contribution in [0, 0.1) is 18.6 Å². The van der Waals surface area contributed by atoms with Crippen LogP contribution in [0.1, 0.15) is 27.5 Å². The minimum atomic E-state index is -0.951. The highest BCUT2D eigenvalue weighted by Gasteiger charge is 2.19. The maximum Gasteiger partial charge on any atom is 0.254 e. The zero-order valence-electron chi connectivity index (χ0n) is 11.7. The molecule has 0 aliphatic heterocycles. The van der Waals surface area contributed by atoms with Crippen molar-refractivity contribution in [3.05, 3.63) is 69.7 Å². The van der Waals surface area contributed by atoms with Crippen LogP contribution in [-0.4, -0.2) is 17.6 Å². The normalized spacial score (nSPS) is 12.0. The molecule has 0 aliphatic rings. The molecule has 1 amide bonds. The lowest BCUT2D eigenvalue weighted by Gasteiger charge is -2.17. The lowest BCUT2D eigenvalue weighted by Crippen LogP contribution is -2.31. The van der Waals surface area contributed by atoms with Crippen LogP contribution in [0.3, 0.4) is 0 Å². The second kappa shape index (κ2) is 6.85. The SMILES string of the molecule is Cc1cc(C(=O)NC(CO)c2ccc(Cl)cc2)c(F)cc1F. The molecule has 2 rings (SSSR count). The summed E-state index contributed by atoms with van der Waals surface area (Å²) in [6.45, 7) is 1.07. The average molecular weight is 326 g/mol. The third-order valence-corrected chi connectivity index (χ3v) is 3.51. The van der Waals surface area contributed by atoms with Crippen LogP contribution in [0.15, 0.2) is 36.4 Å². The zero-order valence-corrected chi connectivity index (χ0v) is 12.5. The van der Waals surface area contributed by atoms with Crippen molar-refractivity contribution in [1.82, 2.24) is 5.32 Å². The highest BCUT2D eigenvalue weighted by Crippen LogP contribution is 2.19. The maximum absolute atomic E-state index is 13.7. The van der Waals surface area contributed by atoms with Gasteiger partial charge in [-0.3, -0.25) is 4.79 Å². The molecule has 116 valence electrons. The number of rotatable bonds is 4. The van der Waals surface area contributed by atoms with Gasteiger partial charge >= 0.3 is 0 Å². The molecule has 22 heavy (non-hydrogen) atoms. The Balaban J connectivity index is 2.23. The molecule has 0 spiro atoms. The van der Waals surface area contributed by atoms with E-state index in [1.54, 1.807) is 24.3 Å². The summed E-state index contributed by atoms with van der Waals surface area (Å²) in [5.41, 5.74) is 0.518. The molecule has 0 saturated heterocycles. The van der Waals surface area contributed by atoms with Gasteiger partial charge in [0.25, 0.3) is 5.91 Å². The maximum atomic E-state index is 13.7. The lowest BCUT2D eigenvalue weighted by molar-refractivity contribution is 0.0912. The molecule has 0 aromatic heterocycles. The molecule has 2 N–H and O–H groups in total. The van der Waals surface area contributed by atoms with Crippen LogP contribution in [0.5, 0.6) is 0 Å². The monoisotopic (exact) mass is 325 g/mol. The molecule has 2 aromatic rings. The van der Waals surface area contributed by atoms with E-state index in [-0.39, 0.29) is 17.7 Å². The van der Waals surface area contributed by atoms with E-state index >= 15 is 0 Å².